The molecule has 0 radical (unpaired) electrons. The van der Waals surface area contributed by atoms with Crippen LogP contribution >= 0.6 is 12.4 Å². The Hall–Kier alpha value is -0.580. The zero-order valence-corrected chi connectivity index (χ0v) is 7.02. The molecule has 0 aromatic carbocycles. The van der Waals surface area contributed by atoms with Gasteiger partial charge in [-0.2, -0.15) is 0 Å². The number of oxazole rings is 1. The Balaban J connectivity index is 0.000001000. The van der Waals surface area contributed by atoms with Crippen molar-refractivity contribution in [1.82, 2.24) is 4.98 Å². The van der Waals surface area contributed by atoms with E-state index < -0.39 is 0 Å². The van der Waals surface area contributed by atoms with Gasteiger partial charge in [-0.25, -0.2) is 4.98 Å². The molecule has 0 unspecified atom stereocenters. The molecule has 0 aliphatic carbocycles. The lowest BCUT2D eigenvalue weighted by atomic mass is 10.4. The monoisotopic (exact) mass is 178 g/mol. The third-order valence-electron chi connectivity index (χ3n) is 1.26. The smallest absolute Gasteiger partial charge is 0.220 e. The lowest BCUT2D eigenvalue weighted by molar-refractivity contribution is 0.236. The van der Waals surface area contributed by atoms with Crippen LogP contribution in [0.15, 0.2) is 4.42 Å². The predicted molar refractivity (Wildman–Crippen MR) is 42.3 cm³/mol. The molecule has 1 aromatic rings. The summed E-state index contributed by atoms with van der Waals surface area (Å²) in [4.78, 5) is 3.90. The number of hydrogen-bond acceptors (Lipinski definition) is 4. The predicted octanol–water partition coefficient (Wildman–Crippen LogP) is 0.356. The van der Waals surface area contributed by atoms with E-state index in [0.717, 1.165) is 5.69 Å². The first-order valence-electron chi connectivity index (χ1n) is 3.04. The molecule has 0 saturated heterocycles. The largest absolute Gasteiger partial charge is 0.442 e. The lowest BCUT2D eigenvalue weighted by Gasteiger charge is -1.86. The van der Waals surface area contributed by atoms with Gasteiger partial charge in [0.15, 0.2) is 0 Å². The van der Waals surface area contributed by atoms with E-state index in [1.54, 1.807) is 6.92 Å². The van der Waals surface area contributed by atoms with E-state index in [0.29, 0.717) is 18.2 Å². The van der Waals surface area contributed by atoms with E-state index in [9.17, 15) is 0 Å². The molecular formula is C6H11ClN2O2. The van der Waals surface area contributed by atoms with Gasteiger partial charge in [0.05, 0.1) is 12.2 Å². The number of rotatable bonds is 2. The first kappa shape index (κ1) is 10.4. The number of aliphatic hydroxyl groups excluding tert-OH is 1. The highest BCUT2D eigenvalue weighted by molar-refractivity contribution is 5.85. The van der Waals surface area contributed by atoms with Gasteiger partial charge >= 0.3 is 0 Å². The summed E-state index contributed by atoms with van der Waals surface area (Å²) in [5, 5.41) is 8.57. The van der Waals surface area contributed by atoms with E-state index in [2.05, 4.69) is 4.98 Å². The van der Waals surface area contributed by atoms with Crippen LogP contribution in [0.25, 0.3) is 0 Å². The second kappa shape index (κ2) is 4.33. The standard InChI is InChI=1S/C6H10N2O2.ClH/c1-4-5(2-7)10-6(3-9)8-4;/h9H,2-3,7H2,1H3;1H. The number of hydrogen-bond donors (Lipinski definition) is 2. The lowest BCUT2D eigenvalue weighted by Crippen LogP contribution is -1.95. The van der Waals surface area contributed by atoms with Crippen molar-refractivity contribution in [3.05, 3.63) is 17.3 Å². The van der Waals surface area contributed by atoms with Crippen LogP contribution in [0, 0.1) is 6.92 Å². The van der Waals surface area contributed by atoms with Crippen LogP contribution in [-0.4, -0.2) is 10.1 Å². The van der Waals surface area contributed by atoms with E-state index in [-0.39, 0.29) is 19.0 Å². The molecule has 0 aliphatic rings. The van der Waals surface area contributed by atoms with Crippen molar-refractivity contribution in [3.63, 3.8) is 0 Å². The van der Waals surface area contributed by atoms with Gasteiger partial charge in [0.2, 0.25) is 5.89 Å². The van der Waals surface area contributed by atoms with E-state index >= 15 is 0 Å². The maximum absolute atomic E-state index is 8.57. The normalized spacial score (nSPS) is 9.36. The molecule has 1 heterocycles. The molecule has 5 heteroatoms. The van der Waals surface area contributed by atoms with Crippen molar-refractivity contribution in [3.8, 4) is 0 Å². The fourth-order valence-corrected chi connectivity index (χ4v) is 0.745. The van der Waals surface area contributed by atoms with Crippen LogP contribution in [0.2, 0.25) is 0 Å². The summed E-state index contributed by atoms with van der Waals surface area (Å²) in [6, 6.07) is 0. The average Bonchev–Trinajstić information content (AvgIpc) is 2.30. The second-order valence-electron chi connectivity index (χ2n) is 1.98. The zero-order chi connectivity index (χ0) is 7.56. The number of aliphatic hydroxyl groups is 1. The Labute approximate surface area is 70.8 Å². The van der Waals surface area contributed by atoms with E-state index in [1.807, 2.05) is 0 Å². The van der Waals surface area contributed by atoms with E-state index in [4.69, 9.17) is 15.3 Å². The minimum absolute atomic E-state index is 0. The minimum Gasteiger partial charge on any atom is -0.442 e. The molecule has 64 valence electrons. The third-order valence-corrected chi connectivity index (χ3v) is 1.26. The van der Waals surface area contributed by atoms with Crippen LogP contribution in [0.4, 0.5) is 0 Å². The van der Waals surface area contributed by atoms with Crippen LogP contribution in [0.5, 0.6) is 0 Å². The highest BCUT2D eigenvalue weighted by Crippen LogP contribution is 2.08. The molecule has 11 heavy (non-hydrogen) atoms. The number of aromatic nitrogens is 1. The van der Waals surface area contributed by atoms with Crippen molar-refractivity contribution >= 4 is 12.4 Å². The molecule has 3 N–H and O–H groups in total. The molecule has 0 atom stereocenters. The first-order chi connectivity index (χ1) is 4.77. The summed E-state index contributed by atoms with van der Waals surface area (Å²) in [5.74, 6) is 0.974. The summed E-state index contributed by atoms with van der Waals surface area (Å²) in [5.41, 5.74) is 6.06. The SMILES string of the molecule is Cc1nc(CO)oc1CN.Cl. The minimum atomic E-state index is -0.166. The van der Waals surface area contributed by atoms with Crippen molar-refractivity contribution in [2.24, 2.45) is 5.73 Å². The number of nitrogens with two attached hydrogens (primary N) is 1. The van der Waals surface area contributed by atoms with Gasteiger partial charge in [0, 0.05) is 0 Å². The molecule has 1 aromatic heterocycles. The van der Waals surface area contributed by atoms with Gasteiger partial charge in [-0.1, -0.05) is 0 Å². The Morgan fingerprint density at radius 1 is 1.64 bits per heavy atom. The van der Waals surface area contributed by atoms with Crippen molar-refractivity contribution < 1.29 is 9.52 Å². The molecule has 0 aliphatic heterocycles. The van der Waals surface area contributed by atoms with E-state index in [1.165, 1.54) is 0 Å². The maximum Gasteiger partial charge on any atom is 0.220 e. The average molecular weight is 179 g/mol. The van der Waals surface area contributed by atoms with Gasteiger partial charge in [-0.15, -0.1) is 12.4 Å². The molecule has 0 bridgehead atoms. The topological polar surface area (TPSA) is 72.3 Å². The van der Waals surface area contributed by atoms with Gasteiger partial charge in [0.1, 0.15) is 12.4 Å². The van der Waals surface area contributed by atoms with Gasteiger partial charge in [-0.05, 0) is 6.92 Å². The molecule has 1 rings (SSSR count). The summed E-state index contributed by atoms with van der Waals surface area (Å²) < 4.78 is 5.03. The Kier molecular flexibility index (Phi) is 4.10. The Morgan fingerprint density at radius 2 is 2.27 bits per heavy atom. The quantitative estimate of drug-likeness (QED) is 0.686. The van der Waals surface area contributed by atoms with Crippen molar-refractivity contribution in [2.45, 2.75) is 20.1 Å². The van der Waals surface area contributed by atoms with Crippen LogP contribution in [0.1, 0.15) is 17.3 Å². The molecular weight excluding hydrogens is 168 g/mol. The maximum atomic E-state index is 8.57. The van der Waals surface area contributed by atoms with Crippen molar-refractivity contribution in [2.75, 3.05) is 0 Å². The van der Waals surface area contributed by atoms with Gasteiger partial charge < -0.3 is 15.3 Å². The molecule has 0 spiro atoms. The Morgan fingerprint density at radius 3 is 2.55 bits per heavy atom. The first-order valence-corrected chi connectivity index (χ1v) is 3.04. The van der Waals surface area contributed by atoms with Crippen LogP contribution in [-0.2, 0) is 13.2 Å². The number of nitrogens with zero attached hydrogens (tertiary/aromatic N) is 1. The summed E-state index contributed by atoms with van der Waals surface area (Å²) in [6.45, 7) is 1.96. The number of halogens is 1. The third kappa shape index (κ3) is 2.18. The summed E-state index contributed by atoms with van der Waals surface area (Å²) >= 11 is 0. The summed E-state index contributed by atoms with van der Waals surface area (Å²) in [7, 11) is 0. The molecule has 0 saturated carbocycles. The highest BCUT2D eigenvalue weighted by Gasteiger charge is 2.05. The van der Waals surface area contributed by atoms with Crippen molar-refractivity contribution in [1.29, 1.82) is 0 Å². The van der Waals surface area contributed by atoms with Crippen LogP contribution < -0.4 is 5.73 Å². The molecule has 0 amide bonds. The molecule has 4 nitrogen and oxygen atoms in total. The number of aryl methyl sites for hydroxylation is 1. The highest BCUT2D eigenvalue weighted by atomic mass is 35.5. The Bertz CT molecular complexity index is 224. The van der Waals surface area contributed by atoms with Crippen LogP contribution in [0.3, 0.4) is 0 Å². The zero-order valence-electron chi connectivity index (χ0n) is 6.20. The van der Waals surface area contributed by atoms with Gasteiger partial charge in [0.25, 0.3) is 0 Å². The summed E-state index contributed by atoms with van der Waals surface area (Å²) in [6.07, 6.45) is 0. The fraction of sp³-hybridized carbons (Fsp3) is 0.500. The fourth-order valence-electron chi connectivity index (χ4n) is 0.745. The molecule has 0 fully saturated rings. The second-order valence-corrected chi connectivity index (χ2v) is 1.98. The van der Waals surface area contributed by atoms with Gasteiger partial charge in [-0.3, -0.25) is 0 Å².